The molecule has 0 radical (unpaired) electrons. The van der Waals surface area contributed by atoms with Gasteiger partial charge in [0.25, 0.3) is 0 Å². The highest BCUT2D eigenvalue weighted by molar-refractivity contribution is 4.73. The van der Waals surface area contributed by atoms with Crippen molar-refractivity contribution < 1.29 is 18.9 Å². The van der Waals surface area contributed by atoms with Gasteiger partial charge in [-0.05, 0) is 6.42 Å². The van der Waals surface area contributed by atoms with E-state index in [0.717, 1.165) is 6.42 Å². The standard InChI is InChI=1S/C11H20O4/c1-2-3-11-10-14-7-6-12-4-5-13-8-9-15-11/h2,11H,1,3-10H2. The van der Waals surface area contributed by atoms with Crippen molar-refractivity contribution in [1.82, 2.24) is 0 Å². The van der Waals surface area contributed by atoms with E-state index >= 15 is 0 Å². The lowest BCUT2D eigenvalue weighted by Gasteiger charge is -2.17. The molecule has 1 saturated heterocycles. The SMILES string of the molecule is C=CCC1COCCOCCOCCO1. The van der Waals surface area contributed by atoms with Crippen molar-refractivity contribution in [2.45, 2.75) is 12.5 Å². The number of rotatable bonds is 2. The van der Waals surface area contributed by atoms with Gasteiger partial charge in [-0.3, -0.25) is 0 Å². The Kier molecular flexibility index (Phi) is 7.47. The predicted molar refractivity (Wildman–Crippen MR) is 57.0 cm³/mol. The monoisotopic (exact) mass is 216 g/mol. The zero-order valence-electron chi connectivity index (χ0n) is 9.15. The van der Waals surface area contributed by atoms with Crippen LogP contribution in [-0.2, 0) is 18.9 Å². The lowest BCUT2D eigenvalue weighted by molar-refractivity contribution is -0.0652. The molecule has 0 bridgehead atoms. The van der Waals surface area contributed by atoms with Gasteiger partial charge in [0.05, 0.1) is 52.4 Å². The average Bonchev–Trinajstić information content (AvgIpc) is 2.22. The number of hydrogen-bond donors (Lipinski definition) is 0. The summed E-state index contributed by atoms with van der Waals surface area (Å²) in [4.78, 5) is 0. The van der Waals surface area contributed by atoms with Crippen LogP contribution in [-0.4, -0.2) is 52.4 Å². The summed E-state index contributed by atoms with van der Waals surface area (Å²) in [6.45, 7) is 7.96. The van der Waals surface area contributed by atoms with Crippen molar-refractivity contribution in [3.05, 3.63) is 12.7 Å². The van der Waals surface area contributed by atoms with Gasteiger partial charge in [-0.15, -0.1) is 6.58 Å². The molecule has 15 heavy (non-hydrogen) atoms. The minimum atomic E-state index is 0.0885. The van der Waals surface area contributed by atoms with Crippen molar-refractivity contribution in [2.24, 2.45) is 0 Å². The summed E-state index contributed by atoms with van der Waals surface area (Å²) in [5, 5.41) is 0. The Morgan fingerprint density at radius 1 is 0.933 bits per heavy atom. The maximum atomic E-state index is 5.59. The largest absolute Gasteiger partial charge is 0.377 e. The van der Waals surface area contributed by atoms with Crippen LogP contribution in [0.3, 0.4) is 0 Å². The van der Waals surface area contributed by atoms with E-state index < -0.39 is 0 Å². The number of hydrogen-bond acceptors (Lipinski definition) is 4. The van der Waals surface area contributed by atoms with Crippen LogP contribution in [0.15, 0.2) is 12.7 Å². The maximum Gasteiger partial charge on any atom is 0.0843 e. The summed E-state index contributed by atoms with van der Waals surface area (Å²) in [5.74, 6) is 0. The molecule has 0 aromatic heterocycles. The van der Waals surface area contributed by atoms with Gasteiger partial charge in [0.15, 0.2) is 0 Å². The van der Waals surface area contributed by atoms with E-state index in [1.54, 1.807) is 0 Å². The van der Waals surface area contributed by atoms with Gasteiger partial charge < -0.3 is 18.9 Å². The fourth-order valence-corrected chi connectivity index (χ4v) is 1.30. The van der Waals surface area contributed by atoms with Crippen LogP contribution in [0.25, 0.3) is 0 Å². The summed E-state index contributed by atoms with van der Waals surface area (Å²) in [6.07, 6.45) is 2.74. The predicted octanol–water partition coefficient (Wildman–Crippen LogP) is 1.01. The van der Waals surface area contributed by atoms with Gasteiger partial charge in [-0.2, -0.15) is 0 Å². The van der Waals surface area contributed by atoms with Gasteiger partial charge in [0, 0.05) is 0 Å². The molecule has 1 rings (SSSR count). The van der Waals surface area contributed by atoms with Crippen LogP contribution in [0.1, 0.15) is 6.42 Å². The molecule has 1 aliphatic rings. The first-order valence-corrected chi connectivity index (χ1v) is 5.39. The first-order chi connectivity index (χ1) is 7.43. The summed E-state index contributed by atoms with van der Waals surface area (Å²) < 4.78 is 21.6. The molecule has 0 aromatic rings. The molecule has 0 amide bonds. The molecule has 1 unspecified atom stereocenters. The Bertz CT molecular complexity index is 149. The average molecular weight is 216 g/mol. The van der Waals surface area contributed by atoms with Crippen LogP contribution in [0.5, 0.6) is 0 Å². The number of ether oxygens (including phenoxy) is 4. The van der Waals surface area contributed by atoms with Crippen molar-refractivity contribution in [1.29, 1.82) is 0 Å². The first-order valence-electron chi connectivity index (χ1n) is 5.39. The van der Waals surface area contributed by atoms with Gasteiger partial charge >= 0.3 is 0 Å². The van der Waals surface area contributed by atoms with E-state index in [1.165, 1.54) is 0 Å². The molecule has 4 nitrogen and oxygen atoms in total. The van der Waals surface area contributed by atoms with Crippen LogP contribution in [0.2, 0.25) is 0 Å². The third-order valence-corrected chi connectivity index (χ3v) is 2.06. The second-order valence-electron chi connectivity index (χ2n) is 3.32. The Hall–Kier alpha value is -0.420. The van der Waals surface area contributed by atoms with Crippen LogP contribution in [0.4, 0.5) is 0 Å². The van der Waals surface area contributed by atoms with Gasteiger partial charge in [0.2, 0.25) is 0 Å². The van der Waals surface area contributed by atoms with Crippen molar-refractivity contribution >= 4 is 0 Å². The quantitative estimate of drug-likeness (QED) is 0.646. The lowest BCUT2D eigenvalue weighted by atomic mass is 10.2. The molecule has 1 fully saturated rings. The highest BCUT2D eigenvalue weighted by Crippen LogP contribution is 2.01. The molecule has 4 heteroatoms. The normalized spacial score (nSPS) is 26.3. The third-order valence-electron chi connectivity index (χ3n) is 2.06. The zero-order valence-corrected chi connectivity index (χ0v) is 9.15. The van der Waals surface area contributed by atoms with Crippen LogP contribution in [0, 0.1) is 0 Å². The molecule has 0 aliphatic carbocycles. The van der Waals surface area contributed by atoms with Gasteiger partial charge in [0.1, 0.15) is 0 Å². The van der Waals surface area contributed by atoms with Gasteiger partial charge in [-0.25, -0.2) is 0 Å². The summed E-state index contributed by atoms with van der Waals surface area (Å²) in [7, 11) is 0. The molecule has 0 N–H and O–H groups in total. The summed E-state index contributed by atoms with van der Waals surface area (Å²) in [5.41, 5.74) is 0. The smallest absolute Gasteiger partial charge is 0.0843 e. The van der Waals surface area contributed by atoms with E-state index in [2.05, 4.69) is 6.58 Å². The molecule has 0 aromatic carbocycles. The van der Waals surface area contributed by atoms with E-state index in [4.69, 9.17) is 18.9 Å². The minimum Gasteiger partial charge on any atom is -0.377 e. The molecule has 0 saturated carbocycles. The third kappa shape index (κ3) is 6.62. The molecule has 1 heterocycles. The highest BCUT2D eigenvalue weighted by atomic mass is 16.6. The Labute approximate surface area is 91.1 Å². The zero-order chi connectivity index (χ0) is 10.8. The van der Waals surface area contributed by atoms with Crippen LogP contribution >= 0.6 is 0 Å². The molecule has 0 spiro atoms. The molecule has 1 atom stereocenters. The molecular formula is C11H20O4. The second kappa shape index (κ2) is 8.85. The first kappa shape index (κ1) is 12.6. The lowest BCUT2D eigenvalue weighted by Crippen LogP contribution is -2.24. The minimum absolute atomic E-state index is 0.0885. The Morgan fingerprint density at radius 3 is 2.20 bits per heavy atom. The fraction of sp³-hybridized carbons (Fsp3) is 0.818. The van der Waals surface area contributed by atoms with E-state index in [-0.39, 0.29) is 6.10 Å². The highest BCUT2D eigenvalue weighted by Gasteiger charge is 2.08. The Balaban J connectivity index is 2.22. The maximum absolute atomic E-state index is 5.59. The van der Waals surface area contributed by atoms with Crippen LogP contribution < -0.4 is 0 Å². The summed E-state index contributed by atoms with van der Waals surface area (Å²) >= 11 is 0. The Morgan fingerprint density at radius 2 is 1.53 bits per heavy atom. The molecule has 88 valence electrons. The van der Waals surface area contributed by atoms with Crippen molar-refractivity contribution in [2.75, 3.05) is 46.2 Å². The van der Waals surface area contributed by atoms with Crippen molar-refractivity contribution in [3.63, 3.8) is 0 Å². The van der Waals surface area contributed by atoms with Crippen molar-refractivity contribution in [3.8, 4) is 0 Å². The van der Waals surface area contributed by atoms with E-state index in [9.17, 15) is 0 Å². The van der Waals surface area contributed by atoms with E-state index in [0.29, 0.717) is 46.2 Å². The molecular weight excluding hydrogens is 196 g/mol. The molecule has 1 aliphatic heterocycles. The summed E-state index contributed by atoms with van der Waals surface area (Å²) in [6, 6.07) is 0. The van der Waals surface area contributed by atoms with E-state index in [1.807, 2.05) is 6.08 Å². The second-order valence-corrected chi connectivity index (χ2v) is 3.32. The fourth-order valence-electron chi connectivity index (χ4n) is 1.30. The topological polar surface area (TPSA) is 36.9 Å². The van der Waals surface area contributed by atoms with Gasteiger partial charge in [-0.1, -0.05) is 6.08 Å².